The van der Waals surface area contributed by atoms with Crippen LogP contribution in [0.25, 0.3) is 0 Å². The van der Waals surface area contributed by atoms with Crippen LogP contribution in [0.4, 0.5) is 5.82 Å². The molecular weight excluding hydrogens is 210 g/mol. The average Bonchev–Trinajstić information content (AvgIpc) is 2.40. The Morgan fingerprint density at radius 1 is 1.18 bits per heavy atom. The fraction of sp³-hybridized carbons (Fsp3) is 0.714. The number of aryl methyl sites for hydroxylation is 1. The number of hydrogen-bond acceptors (Lipinski definition) is 3. The van der Waals surface area contributed by atoms with Crippen LogP contribution in [0.15, 0.2) is 6.07 Å². The van der Waals surface area contributed by atoms with Crippen molar-refractivity contribution in [3.63, 3.8) is 0 Å². The van der Waals surface area contributed by atoms with Gasteiger partial charge in [-0.05, 0) is 26.2 Å². The van der Waals surface area contributed by atoms with Crippen LogP contribution in [0.3, 0.4) is 0 Å². The minimum atomic E-state index is 0.590. The van der Waals surface area contributed by atoms with Gasteiger partial charge in [0, 0.05) is 24.2 Å². The summed E-state index contributed by atoms with van der Waals surface area (Å²) in [5.74, 6) is 2.66. The molecule has 94 valence electrons. The largest absolute Gasteiger partial charge is 0.370 e. The van der Waals surface area contributed by atoms with E-state index in [1.54, 1.807) is 0 Å². The molecular formula is C14H23N3. The van der Waals surface area contributed by atoms with E-state index >= 15 is 0 Å². The van der Waals surface area contributed by atoms with E-state index in [9.17, 15) is 0 Å². The van der Waals surface area contributed by atoms with Crippen LogP contribution < -0.4 is 5.32 Å². The topological polar surface area (TPSA) is 37.8 Å². The highest BCUT2D eigenvalue weighted by Crippen LogP contribution is 2.31. The summed E-state index contributed by atoms with van der Waals surface area (Å²) in [6.45, 7) is 5.18. The van der Waals surface area contributed by atoms with Crippen molar-refractivity contribution < 1.29 is 0 Å². The summed E-state index contributed by atoms with van der Waals surface area (Å²) < 4.78 is 0. The molecule has 0 radical (unpaired) electrons. The van der Waals surface area contributed by atoms with Crippen LogP contribution in [-0.2, 0) is 6.42 Å². The lowest BCUT2D eigenvalue weighted by Gasteiger charge is -2.21. The van der Waals surface area contributed by atoms with Gasteiger partial charge >= 0.3 is 0 Å². The third kappa shape index (κ3) is 3.18. The lowest BCUT2D eigenvalue weighted by Crippen LogP contribution is -2.12. The van der Waals surface area contributed by atoms with E-state index < -0.39 is 0 Å². The molecule has 1 aliphatic rings. The van der Waals surface area contributed by atoms with Gasteiger partial charge in [0.15, 0.2) is 0 Å². The first kappa shape index (κ1) is 12.3. The van der Waals surface area contributed by atoms with Crippen molar-refractivity contribution in [2.75, 3.05) is 11.9 Å². The molecule has 0 saturated heterocycles. The van der Waals surface area contributed by atoms with E-state index in [0.717, 1.165) is 30.3 Å². The van der Waals surface area contributed by atoms with E-state index in [1.165, 1.54) is 32.1 Å². The van der Waals surface area contributed by atoms with Gasteiger partial charge in [0.25, 0.3) is 0 Å². The molecule has 0 bridgehead atoms. The highest BCUT2D eigenvalue weighted by Gasteiger charge is 2.19. The Hall–Kier alpha value is -1.12. The third-order valence-electron chi connectivity index (χ3n) is 3.49. The Morgan fingerprint density at radius 2 is 1.94 bits per heavy atom. The first-order valence-corrected chi connectivity index (χ1v) is 6.95. The van der Waals surface area contributed by atoms with Crippen LogP contribution in [0.1, 0.15) is 63.4 Å². The van der Waals surface area contributed by atoms with Crippen molar-refractivity contribution in [1.29, 1.82) is 0 Å². The standard InChI is InChI=1S/C14H23N3/c1-3-12-10-13(15-4-2)17-14(16-12)11-8-6-5-7-9-11/h10-11H,3-9H2,1-2H3,(H,15,16,17). The summed E-state index contributed by atoms with van der Waals surface area (Å²) >= 11 is 0. The zero-order valence-corrected chi connectivity index (χ0v) is 11.0. The Morgan fingerprint density at radius 3 is 2.59 bits per heavy atom. The Balaban J connectivity index is 2.21. The van der Waals surface area contributed by atoms with Gasteiger partial charge in [0.2, 0.25) is 0 Å². The molecule has 0 aromatic carbocycles. The Bertz CT molecular complexity index is 356. The molecule has 1 aliphatic carbocycles. The molecule has 1 aromatic heterocycles. The summed E-state index contributed by atoms with van der Waals surface area (Å²) in [5, 5.41) is 3.31. The Kier molecular flexibility index (Phi) is 4.35. The van der Waals surface area contributed by atoms with Crippen molar-refractivity contribution in [2.45, 2.75) is 58.3 Å². The lowest BCUT2D eigenvalue weighted by molar-refractivity contribution is 0.428. The number of anilines is 1. The van der Waals surface area contributed by atoms with Gasteiger partial charge in [0.05, 0.1) is 0 Å². The number of rotatable bonds is 4. The van der Waals surface area contributed by atoms with Gasteiger partial charge in [-0.3, -0.25) is 0 Å². The predicted molar refractivity (Wildman–Crippen MR) is 71.4 cm³/mol. The third-order valence-corrected chi connectivity index (χ3v) is 3.49. The quantitative estimate of drug-likeness (QED) is 0.864. The molecule has 1 saturated carbocycles. The van der Waals surface area contributed by atoms with Gasteiger partial charge in [-0.2, -0.15) is 0 Å². The maximum Gasteiger partial charge on any atom is 0.134 e. The fourth-order valence-corrected chi connectivity index (χ4v) is 2.51. The molecule has 0 atom stereocenters. The van der Waals surface area contributed by atoms with Gasteiger partial charge in [-0.1, -0.05) is 26.2 Å². The van der Waals surface area contributed by atoms with E-state index in [2.05, 4.69) is 30.2 Å². The molecule has 0 aliphatic heterocycles. The summed E-state index contributed by atoms with van der Waals surface area (Å²) in [5.41, 5.74) is 1.16. The molecule has 3 heteroatoms. The molecule has 17 heavy (non-hydrogen) atoms. The highest BCUT2D eigenvalue weighted by atomic mass is 15.0. The number of hydrogen-bond donors (Lipinski definition) is 1. The Labute approximate surface area is 104 Å². The minimum absolute atomic E-state index is 0.590. The molecule has 1 fully saturated rings. The molecule has 1 N–H and O–H groups in total. The van der Waals surface area contributed by atoms with Gasteiger partial charge in [-0.25, -0.2) is 9.97 Å². The van der Waals surface area contributed by atoms with Crippen molar-refractivity contribution in [1.82, 2.24) is 9.97 Å². The summed E-state index contributed by atoms with van der Waals surface area (Å²) in [7, 11) is 0. The van der Waals surface area contributed by atoms with Gasteiger partial charge in [0.1, 0.15) is 11.6 Å². The summed E-state index contributed by atoms with van der Waals surface area (Å²) in [6.07, 6.45) is 7.56. The predicted octanol–water partition coefficient (Wildman–Crippen LogP) is 3.52. The van der Waals surface area contributed by atoms with Crippen LogP contribution >= 0.6 is 0 Å². The van der Waals surface area contributed by atoms with Crippen molar-refractivity contribution in [3.8, 4) is 0 Å². The second-order valence-corrected chi connectivity index (χ2v) is 4.82. The second-order valence-electron chi connectivity index (χ2n) is 4.82. The first-order chi connectivity index (χ1) is 8.33. The maximum atomic E-state index is 4.71. The van der Waals surface area contributed by atoms with Crippen molar-refractivity contribution >= 4 is 5.82 Å². The monoisotopic (exact) mass is 233 g/mol. The first-order valence-electron chi connectivity index (χ1n) is 6.95. The number of aromatic nitrogens is 2. The molecule has 0 unspecified atom stereocenters. The van der Waals surface area contributed by atoms with Crippen LogP contribution in [0.5, 0.6) is 0 Å². The SMILES string of the molecule is CCNc1cc(CC)nc(C2CCCCC2)n1. The molecule has 3 nitrogen and oxygen atoms in total. The fourth-order valence-electron chi connectivity index (χ4n) is 2.51. The number of nitrogens with one attached hydrogen (secondary N) is 1. The highest BCUT2D eigenvalue weighted by molar-refractivity contribution is 5.36. The van der Waals surface area contributed by atoms with Crippen LogP contribution in [0, 0.1) is 0 Å². The van der Waals surface area contributed by atoms with E-state index in [4.69, 9.17) is 4.98 Å². The second kappa shape index (κ2) is 5.99. The minimum Gasteiger partial charge on any atom is -0.370 e. The molecule has 0 amide bonds. The van der Waals surface area contributed by atoms with Crippen LogP contribution in [0.2, 0.25) is 0 Å². The average molecular weight is 233 g/mol. The van der Waals surface area contributed by atoms with E-state index in [0.29, 0.717) is 5.92 Å². The zero-order valence-electron chi connectivity index (χ0n) is 11.0. The summed E-state index contributed by atoms with van der Waals surface area (Å²) in [6, 6.07) is 2.08. The van der Waals surface area contributed by atoms with E-state index in [-0.39, 0.29) is 0 Å². The van der Waals surface area contributed by atoms with Crippen molar-refractivity contribution in [2.24, 2.45) is 0 Å². The van der Waals surface area contributed by atoms with E-state index in [1.807, 2.05) is 0 Å². The smallest absolute Gasteiger partial charge is 0.134 e. The van der Waals surface area contributed by atoms with Crippen LogP contribution in [-0.4, -0.2) is 16.5 Å². The number of nitrogens with zero attached hydrogens (tertiary/aromatic N) is 2. The normalized spacial score (nSPS) is 17.1. The molecule has 0 spiro atoms. The van der Waals surface area contributed by atoms with Gasteiger partial charge < -0.3 is 5.32 Å². The van der Waals surface area contributed by atoms with Gasteiger partial charge in [-0.15, -0.1) is 0 Å². The molecule has 1 aromatic rings. The lowest BCUT2D eigenvalue weighted by atomic mass is 9.88. The van der Waals surface area contributed by atoms with Crippen molar-refractivity contribution in [3.05, 3.63) is 17.6 Å². The maximum absolute atomic E-state index is 4.71. The molecule has 1 heterocycles. The zero-order chi connectivity index (χ0) is 12.1. The summed E-state index contributed by atoms with van der Waals surface area (Å²) in [4.78, 5) is 9.38. The molecule has 2 rings (SSSR count).